The molecule has 0 amide bonds. The van der Waals surface area contributed by atoms with Gasteiger partial charge in [-0.2, -0.15) is 0 Å². The Kier molecular flexibility index (Phi) is 4.65. The number of nitrogens with zero attached hydrogens (tertiary/aromatic N) is 3. The molecule has 2 aromatic heterocycles. The molecule has 6 heteroatoms. The Bertz CT molecular complexity index is 826. The summed E-state index contributed by atoms with van der Waals surface area (Å²) in [4.78, 5) is 12.8. The molecule has 3 rings (SSSR count). The maximum absolute atomic E-state index is 13.8. The highest BCUT2D eigenvalue weighted by atomic mass is 19.1. The van der Waals surface area contributed by atoms with E-state index in [0.717, 1.165) is 16.8 Å². The Morgan fingerprint density at radius 2 is 2.04 bits per heavy atom. The molecular formula is C18H17FN4O. The van der Waals surface area contributed by atoms with Gasteiger partial charge in [-0.25, -0.2) is 14.4 Å². The lowest BCUT2D eigenvalue weighted by atomic mass is 10.1. The van der Waals surface area contributed by atoms with Gasteiger partial charge in [0.15, 0.2) is 11.6 Å². The molecule has 1 atom stereocenters. The molecule has 0 bridgehead atoms. The second-order valence-electron chi connectivity index (χ2n) is 5.27. The topological polar surface area (TPSA) is 59.9 Å². The summed E-state index contributed by atoms with van der Waals surface area (Å²) in [5, 5.41) is 3.18. The average molecular weight is 324 g/mol. The third kappa shape index (κ3) is 3.48. The minimum atomic E-state index is -0.395. The summed E-state index contributed by atoms with van der Waals surface area (Å²) in [5.74, 6) is 0.300. The van der Waals surface area contributed by atoms with Gasteiger partial charge in [-0.1, -0.05) is 6.07 Å². The van der Waals surface area contributed by atoms with E-state index in [-0.39, 0.29) is 11.8 Å². The average Bonchev–Trinajstić information content (AvgIpc) is 2.62. The Labute approximate surface area is 139 Å². The van der Waals surface area contributed by atoms with Gasteiger partial charge in [0.05, 0.1) is 18.8 Å². The van der Waals surface area contributed by atoms with E-state index in [9.17, 15) is 4.39 Å². The number of pyridine rings is 1. The van der Waals surface area contributed by atoms with E-state index in [1.807, 2.05) is 31.2 Å². The normalized spacial score (nSPS) is 11.8. The van der Waals surface area contributed by atoms with Crippen LogP contribution in [0.4, 0.5) is 10.3 Å². The van der Waals surface area contributed by atoms with Gasteiger partial charge in [0.25, 0.3) is 0 Å². The number of hydrogen-bond acceptors (Lipinski definition) is 5. The monoisotopic (exact) mass is 324 g/mol. The van der Waals surface area contributed by atoms with Crippen molar-refractivity contribution in [3.05, 3.63) is 66.4 Å². The van der Waals surface area contributed by atoms with Gasteiger partial charge in [-0.15, -0.1) is 0 Å². The van der Waals surface area contributed by atoms with E-state index in [4.69, 9.17) is 4.74 Å². The van der Waals surface area contributed by atoms with Crippen molar-refractivity contribution >= 4 is 5.95 Å². The number of methoxy groups -OCH3 is 1. The first-order chi connectivity index (χ1) is 11.7. The molecule has 0 saturated carbocycles. The molecule has 24 heavy (non-hydrogen) atoms. The van der Waals surface area contributed by atoms with Crippen LogP contribution in [0.5, 0.6) is 5.75 Å². The number of anilines is 1. The van der Waals surface area contributed by atoms with Crippen LogP contribution in [0, 0.1) is 5.82 Å². The fourth-order valence-electron chi connectivity index (χ4n) is 2.33. The zero-order chi connectivity index (χ0) is 16.9. The number of ether oxygens (including phenoxy) is 1. The standard InChI is InChI=1S/C18H17FN4O/c1-12(13-5-6-17(24-2)15(19)10-13)22-18-21-9-7-16(23-18)14-4-3-8-20-11-14/h3-12H,1-2H3,(H,21,22,23)/t12-/m1/s1. The van der Waals surface area contributed by atoms with Gasteiger partial charge >= 0.3 is 0 Å². The van der Waals surface area contributed by atoms with E-state index in [1.54, 1.807) is 24.7 Å². The van der Waals surface area contributed by atoms with Crippen LogP contribution in [0.3, 0.4) is 0 Å². The fourth-order valence-corrected chi connectivity index (χ4v) is 2.33. The molecule has 0 radical (unpaired) electrons. The van der Waals surface area contributed by atoms with Crippen molar-refractivity contribution in [1.82, 2.24) is 15.0 Å². The fraction of sp³-hybridized carbons (Fsp3) is 0.167. The lowest BCUT2D eigenvalue weighted by molar-refractivity contribution is 0.386. The Balaban J connectivity index is 1.80. The molecule has 0 aliphatic carbocycles. The molecule has 0 saturated heterocycles. The quantitative estimate of drug-likeness (QED) is 0.772. The van der Waals surface area contributed by atoms with Gasteiger partial charge in [-0.3, -0.25) is 4.98 Å². The van der Waals surface area contributed by atoms with Crippen LogP contribution in [0.25, 0.3) is 11.3 Å². The molecule has 122 valence electrons. The van der Waals surface area contributed by atoms with Crippen molar-refractivity contribution in [1.29, 1.82) is 0 Å². The highest BCUT2D eigenvalue weighted by molar-refractivity contribution is 5.58. The van der Waals surface area contributed by atoms with Crippen molar-refractivity contribution in [2.75, 3.05) is 12.4 Å². The molecule has 1 aromatic carbocycles. The number of hydrogen-bond donors (Lipinski definition) is 1. The Morgan fingerprint density at radius 1 is 1.17 bits per heavy atom. The first-order valence-electron chi connectivity index (χ1n) is 7.51. The molecule has 1 N–H and O–H groups in total. The summed E-state index contributed by atoms with van der Waals surface area (Å²) in [6, 6.07) is 10.3. The number of rotatable bonds is 5. The predicted octanol–water partition coefficient (Wildman–Crippen LogP) is 3.86. The molecular weight excluding hydrogens is 307 g/mol. The predicted molar refractivity (Wildman–Crippen MR) is 90.3 cm³/mol. The summed E-state index contributed by atoms with van der Waals surface area (Å²) < 4.78 is 18.8. The van der Waals surface area contributed by atoms with Gasteiger partial charge in [0, 0.05) is 24.2 Å². The van der Waals surface area contributed by atoms with Crippen LogP contribution in [0.1, 0.15) is 18.5 Å². The lowest BCUT2D eigenvalue weighted by Crippen LogP contribution is -2.10. The maximum atomic E-state index is 13.8. The minimum Gasteiger partial charge on any atom is -0.494 e. The lowest BCUT2D eigenvalue weighted by Gasteiger charge is -2.15. The Morgan fingerprint density at radius 3 is 2.75 bits per heavy atom. The smallest absolute Gasteiger partial charge is 0.223 e. The van der Waals surface area contributed by atoms with Crippen LogP contribution in [-0.4, -0.2) is 22.1 Å². The van der Waals surface area contributed by atoms with E-state index in [2.05, 4.69) is 20.3 Å². The summed E-state index contributed by atoms with van der Waals surface area (Å²) in [7, 11) is 1.44. The summed E-state index contributed by atoms with van der Waals surface area (Å²) in [6.45, 7) is 1.92. The molecule has 3 aromatic rings. The van der Waals surface area contributed by atoms with Crippen LogP contribution >= 0.6 is 0 Å². The van der Waals surface area contributed by atoms with Crippen molar-refractivity contribution in [2.24, 2.45) is 0 Å². The number of aromatic nitrogens is 3. The Hall–Kier alpha value is -3.02. The van der Waals surface area contributed by atoms with Crippen LogP contribution in [0.2, 0.25) is 0 Å². The largest absolute Gasteiger partial charge is 0.494 e. The molecule has 2 heterocycles. The van der Waals surface area contributed by atoms with Crippen LogP contribution in [0.15, 0.2) is 55.0 Å². The van der Waals surface area contributed by atoms with E-state index >= 15 is 0 Å². The van der Waals surface area contributed by atoms with Crippen LogP contribution < -0.4 is 10.1 Å². The van der Waals surface area contributed by atoms with Crippen molar-refractivity contribution in [3.8, 4) is 17.0 Å². The number of nitrogens with one attached hydrogen (secondary N) is 1. The van der Waals surface area contributed by atoms with Crippen LogP contribution in [-0.2, 0) is 0 Å². The highest BCUT2D eigenvalue weighted by Crippen LogP contribution is 2.24. The van der Waals surface area contributed by atoms with E-state index in [1.165, 1.54) is 13.2 Å². The zero-order valence-electron chi connectivity index (χ0n) is 13.4. The third-order valence-electron chi connectivity index (χ3n) is 3.63. The van der Waals surface area contributed by atoms with Crippen molar-refractivity contribution in [3.63, 3.8) is 0 Å². The first kappa shape index (κ1) is 15.9. The number of halogens is 1. The molecule has 0 unspecified atom stereocenters. The summed E-state index contributed by atoms with van der Waals surface area (Å²) >= 11 is 0. The van der Waals surface area contributed by atoms with Crippen molar-refractivity contribution < 1.29 is 9.13 Å². The molecule has 0 aliphatic heterocycles. The summed E-state index contributed by atoms with van der Waals surface area (Å²) in [5.41, 5.74) is 2.46. The summed E-state index contributed by atoms with van der Waals surface area (Å²) in [6.07, 6.45) is 5.14. The highest BCUT2D eigenvalue weighted by Gasteiger charge is 2.11. The molecule has 0 aliphatic rings. The molecule has 0 fully saturated rings. The minimum absolute atomic E-state index is 0.158. The zero-order valence-corrected chi connectivity index (χ0v) is 13.4. The molecule has 5 nitrogen and oxygen atoms in total. The molecule has 0 spiro atoms. The van der Waals surface area contributed by atoms with Gasteiger partial charge < -0.3 is 10.1 Å². The first-order valence-corrected chi connectivity index (χ1v) is 7.51. The second kappa shape index (κ2) is 7.04. The maximum Gasteiger partial charge on any atom is 0.223 e. The van der Waals surface area contributed by atoms with Gasteiger partial charge in [0.2, 0.25) is 5.95 Å². The SMILES string of the molecule is COc1ccc([C@@H](C)Nc2nccc(-c3cccnc3)n2)cc1F. The van der Waals surface area contributed by atoms with Crippen molar-refractivity contribution in [2.45, 2.75) is 13.0 Å². The van der Waals surface area contributed by atoms with E-state index in [0.29, 0.717) is 5.95 Å². The number of benzene rings is 1. The van der Waals surface area contributed by atoms with Gasteiger partial charge in [-0.05, 0) is 42.8 Å². The van der Waals surface area contributed by atoms with Gasteiger partial charge in [0.1, 0.15) is 0 Å². The second-order valence-corrected chi connectivity index (χ2v) is 5.27. The third-order valence-corrected chi connectivity index (χ3v) is 3.63. The van der Waals surface area contributed by atoms with E-state index < -0.39 is 5.82 Å².